The first kappa shape index (κ1) is 22.5. The SMILES string of the molecule is COc1cc(/C=C2\C(=O)NC(=S)N(c3cc(C)cc(C)c3)C2=O)cc(Br)c1OCC#N. The van der Waals surface area contributed by atoms with E-state index in [0.29, 0.717) is 27.2 Å². The number of nitrogens with zero attached hydrogens (tertiary/aromatic N) is 2. The number of thiocarbonyl (C=S) groups is 1. The van der Waals surface area contributed by atoms with Gasteiger partial charge in [-0.2, -0.15) is 5.26 Å². The number of carbonyl (C=O) groups is 2. The molecule has 0 unspecified atom stereocenters. The van der Waals surface area contributed by atoms with Gasteiger partial charge in [0.05, 0.1) is 17.3 Å². The fourth-order valence-electron chi connectivity index (χ4n) is 3.21. The fraction of sp³-hybridized carbons (Fsp3) is 0.182. The Kier molecular flexibility index (Phi) is 6.73. The first-order chi connectivity index (χ1) is 14.7. The number of aryl methyl sites for hydroxylation is 2. The molecule has 1 aliphatic rings. The molecule has 0 aliphatic carbocycles. The van der Waals surface area contributed by atoms with Crippen LogP contribution in [0.15, 0.2) is 40.4 Å². The molecule has 2 aromatic rings. The quantitative estimate of drug-likeness (QED) is 0.382. The highest BCUT2D eigenvalue weighted by atomic mass is 79.9. The maximum Gasteiger partial charge on any atom is 0.270 e. The molecule has 0 aromatic heterocycles. The highest BCUT2D eigenvalue weighted by Gasteiger charge is 2.34. The van der Waals surface area contributed by atoms with Crippen LogP contribution >= 0.6 is 28.1 Å². The van der Waals surface area contributed by atoms with Crippen molar-refractivity contribution in [3.05, 3.63) is 57.1 Å². The van der Waals surface area contributed by atoms with Gasteiger partial charge in [-0.25, -0.2) is 0 Å². The number of hydrogen-bond donors (Lipinski definition) is 1. The van der Waals surface area contributed by atoms with Crippen molar-refractivity contribution in [2.45, 2.75) is 13.8 Å². The molecular weight excluding hydrogens is 482 g/mol. The molecule has 31 heavy (non-hydrogen) atoms. The lowest BCUT2D eigenvalue weighted by Crippen LogP contribution is -2.54. The summed E-state index contributed by atoms with van der Waals surface area (Å²) in [5, 5.41) is 11.3. The predicted octanol–water partition coefficient (Wildman–Crippen LogP) is 3.81. The van der Waals surface area contributed by atoms with E-state index < -0.39 is 11.8 Å². The highest BCUT2D eigenvalue weighted by Crippen LogP contribution is 2.37. The molecule has 2 amide bonds. The molecular formula is C22H18BrN3O4S. The Morgan fingerprint density at radius 3 is 2.48 bits per heavy atom. The average Bonchev–Trinajstić information content (AvgIpc) is 2.69. The van der Waals surface area contributed by atoms with Crippen molar-refractivity contribution in [1.29, 1.82) is 5.26 Å². The fourth-order valence-corrected chi connectivity index (χ4v) is 4.06. The van der Waals surface area contributed by atoms with E-state index in [2.05, 4.69) is 21.2 Å². The van der Waals surface area contributed by atoms with Gasteiger partial charge in [-0.1, -0.05) is 6.07 Å². The lowest BCUT2D eigenvalue weighted by Gasteiger charge is -2.29. The van der Waals surface area contributed by atoms with E-state index in [4.69, 9.17) is 27.0 Å². The van der Waals surface area contributed by atoms with Gasteiger partial charge >= 0.3 is 0 Å². The minimum absolute atomic E-state index is 0.0242. The van der Waals surface area contributed by atoms with Crippen LogP contribution < -0.4 is 19.7 Å². The smallest absolute Gasteiger partial charge is 0.270 e. The molecule has 0 saturated carbocycles. The summed E-state index contributed by atoms with van der Waals surface area (Å²) >= 11 is 8.64. The molecule has 0 spiro atoms. The molecule has 1 aliphatic heterocycles. The van der Waals surface area contributed by atoms with Gasteiger partial charge < -0.3 is 9.47 Å². The summed E-state index contributed by atoms with van der Waals surface area (Å²) in [7, 11) is 1.46. The second-order valence-electron chi connectivity index (χ2n) is 6.78. The van der Waals surface area contributed by atoms with Crippen LogP contribution in [0.25, 0.3) is 6.08 Å². The van der Waals surface area contributed by atoms with Gasteiger partial charge in [0.2, 0.25) is 0 Å². The largest absolute Gasteiger partial charge is 0.493 e. The van der Waals surface area contributed by atoms with Gasteiger partial charge in [-0.15, -0.1) is 0 Å². The number of amides is 2. The number of rotatable bonds is 5. The second kappa shape index (κ2) is 9.29. The standard InChI is InChI=1S/C22H18BrN3O4S/c1-12-6-13(2)8-15(7-12)26-21(28)16(20(27)25-22(26)31)9-14-10-17(23)19(30-5-4-24)18(11-14)29-3/h6-11H,5H2,1-3H3,(H,25,27,31)/b16-9+. The topological polar surface area (TPSA) is 91.7 Å². The van der Waals surface area contributed by atoms with Gasteiger partial charge in [0, 0.05) is 0 Å². The van der Waals surface area contributed by atoms with E-state index in [9.17, 15) is 9.59 Å². The van der Waals surface area contributed by atoms with Crippen LogP contribution in [0.2, 0.25) is 0 Å². The number of hydrogen-bond acceptors (Lipinski definition) is 6. The number of benzene rings is 2. The monoisotopic (exact) mass is 499 g/mol. The molecule has 1 N–H and O–H groups in total. The lowest BCUT2D eigenvalue weighted by molar-refractivity contribution is -0.122. The Hall–Kier alpha value is -3.22. The zero-order valence-corrected chi connectivity index (χ0v) is 19.4. The van der Waals surface area contributed by atoms with Crippen LogP contribution in [0.1, 0.15) is 16.7 Å². The maximum absolute atomic E-state index is 13.2. The van der Waals surface area contributed by atoms with Crippen molar-refractivity contribution in [2.24, 2.45) is 0 Å². The number of nitrogens with one attached hydrogen (secondary N) is 1. The van der Waals surface area contributed by atoms with E-state index in [0.717, 1.165) is 11.1 Å². The summed E-state index contributed by atoms with van der Waals surface area (Å²) < 4.78 is 11.2. The predicted molar refractivity (Wildman–Crippen MR) is 124 cm³/mol. The van der Waals surface area contributed by atoms with E-state index >= 15 is 0 Å². The zero-order chi connectivity index (χ0) is 22.7. The van der Waals surface area contributed by atoms with Gasteiger partial charge in [0.1, 0.15) is 11.6 Å². The normalized spacial score (nSPS) is 15.0. The minimum Gasteiger partial charge on any atom is -0.493 e. The number of halogens is 1. The van der Waals surface area contributed by atoms with Gasteiger partial charge in [0.25, 0.3) is 11.8 Å². The summed E-state index contributed by atoms with van der Waals surface area (Å²) in [4.78, 5) is 27.1. The lowest BCUT2D eigenvalue weighted by atomic mass is 10.1. The van der Waals surface area contributed by atoms with Gasteiger partial charge in [0.15, 0.2) is 23.2 Å². The van der Waals surface area contributed by atoms with E-state index in [1.54, 1.807) is 12.1 Å². The molecule has 1 heterocycles. The molecule has 2 aromatic carbocycles. The molecule has 1 saturated heterocycles. The van der Waals surface area contributed by atoms with Crippen molar-refractivity contribution < 1.29 is 19.1 Å². The maximum atomic E-state index is 13.2. The van der Waals surface area contributed by atoms with E-state index in [1.165, 1.54) is 18.1 Å². The molecule has 9 heteroatoms. The molecule has 3 rings (SSSR count). The van der Waals surface area contributed by atoms with Gasteiger partial charge in [-0.05, 0) is 89.0 Å². The van der Waals surface area contributed by atoms with Gasteiger partial charge in [-0.3, -0.25) is 19.8 Å². The summed E-state index contributed by atoms with van der Waals surface area (Å²) in [5.41, 5.74) is 2.97. The van der Waals surface area contributed by atoms with E-state index in [1.807, 2.05) is 38.1 Å². The van der Waals surface area contributed by atoms with Crippen molar-refractivity contribution in [3.63, 3.8) is 0 Å². The van der Waals surface area contributed by atoms with Crippen molar-refractivity contribution in [2.75, 3.05) is 18.6 Å². The highest BCUT2D eigenvalue weighted by molar-refractivity contribution is 9.10. The number of nitriles is 1. The van der Waals surface area contributed by atoms with Crippen LogP contribution in [-0.4, -0.2) is 30.6 Å². The average molecular weight is 500 g/mol. The Morgan fingerprint density at radius 1 is 1.19 bits per heavy atom. The molecule has 7 nitrogen and oxygen atoms in total. The second-order valence-corrected chi connectivity index (χ2v) is 8.03. The molecule has 158 valence electrons. The third-order valence-electron chi connectivity index (χ3n) is 4.41. The Labute approximate surface area is 193 Å². The summed E-state index contributed by atoms with van der Waals surface area (Å²) in [5.74, 6) is -0.417. The Balaban J connectivity index is 2.04. The van der Waals surface area contributed by atoms with Crippen LogP contribution in [0, 0.1) is 25.2 Å². The summed E-state index contributed by atoms with van der Waals surface area (Å²) in [6, 6.07) is 10.8. The van der Waals surface area contributed by atoms with Crippen molar-refractivity contribution in [1.82, 2.24) is 5.32 Å². The Bertz CT molecular complexity index is 1150. The third-order valence-corrected chi connectivity index (χ3v) is 5.28. The third kappa shape index (κ3) is 4.76. The molecule has 1 fully saturated rings. The van der Waals surface area contributed by atoms with Crippen LogP contribution in [0.5, 0.6) is 11.5 Å². The minimum atomic E-state index is -0.587. The van der Waals surface area contributed by atoms with Crippen LogP contribution in [-0.2, 0) is 9.59 Å². The van der Waals surface area contributed by atoms with Crippen molar-refractivity contribution in [3.8, 4) is 17.6 Å². The first-order valence-electron chi connectivity index (χ1n) is 9.12. The number of anilines is 1. The van der Waals surface area contributed by atoms with Crippen LogP contribution in [0.3, 0.4) is 0 Å². The summed E-state index contributed by atoms with van der Waals surface area (Å²) in [6.45, 7) is 3.69. The van der Waals surface area contributed by atoms with E-state index in [-0.39, 0.29) is 17.3 Å². The molecule has 0 radical (unpaired) electrons. The number of carbonyl (C=O) groups excluding carboxylic acids is 2. The summed E-state index contributed by atoms with van der Waals surface area (Å²) in [6.07, 6.45) is 1.45. The van der Waals surface area contributed by atoms with Crippen LogP contribution in [0.4, 0.5) is 5.69 Å². The number of methoxy groups -OCH3 is 1. The first-order valence-corrected chi connectivity index (χ1v) is 10.3. The van der Waals surface area contributed by atoms with Crippen molar-refractivity contribution >= 4 is 56.8 Å². The Morgan fingerprint density at radius 2 is 1.87 bits per heavy atom. The number of ether oxygens (including phenoxy) is 2. The zero-order valence-electron chi connectivity index (χ0n) is 17.0. The molecule has 0 bridgehead atoms. The molecule has 0 atom stereocenters.